The van der Waals surface area contributed by atoms with E-state index in [2.05, 4.69) is 11.8 Å². The molecule has 1 saturated heterocycles. The van der Waals surface area contributed by atoms with Crippen LogP contribution in [0.5, 0.6) is 0 Å². The van der Waals surface area contributed by atoms with Gasteiger partial charge in [-0.2, -0.15) is 0 Å². The Balaban J connectivity index is 2.16. The molecule has 2 N–H and O–H groups in total. The van der Waals surface area contributed by atoms with Gasteiger partial charge < -0.3 is 10.6 Å². The number of hydrogen-bond donors (Lipinski definition) is 1. The van der Waals surface area contributed by atoms with Crippen molar-refractivity contribution in [2.45, 2.75) is 83.6 Å². The van der Waals surface area contributed by atoms with Crippen molar-refractivity contribution in [1.82, 2.24) is 4.90 Å². The molecule has 0 aromatic heterocycles. The molecule has 1 heterocycles. The fourth-order valence-electron chi connectivity index (χ4n) is 4.08. The third-order valence-electron chi connectivity index (χ3n) is 5.51. The minimum atomic E-state index is -0.242. The van der Waals surface area contributed by atoms with Gasteiger partial charge in [0.1, 0.15) is 0 Å². The number of likely N-dealkylation sites (tertiary alicyclic amines) is 1. The molecular weight excluding hydrogens is 248 g/mol. The van der Waals surface area contributed by atoms with Crippen molar-refractivity contribution in [2.75, 3.05) is 13.1 Å². The summed E-state index contributed by atoms with van der Waals surface area (Å²) in [6, 6.07) is 0.455. The van der Waals surface area contributed by atoms with Gasteiger partial charge in [0.25, 0.3) is 0 Å². The first-order chi connectivity index (χ1) is 9.73. The summed E-state index contributed by atoms with van der Waals surface area (Å²) >= 11 is 0. The molecule has 116 valence electrons. The summed E-state index contributed by atoms with van der Waals surface area (Å²) in [6.07, 6.45) is 12.9. The predicted molar refractivity (Wildman–Crippen MR) is 83.4 cm³/mol. The molecule has 1 unspecified atom stereocenters. The first-order valence-electron chi connectivity index (χ1n) is 8.74. The van der Waals surface area contributed by atoms with E-state index >= 15 is 0 Å². The van der Waals surface area contributed by atoms with Crippen LogP contribution in [0.3, 0.4) is 0 Å². The number of amides is 1. The van der Waals surface area contributed by atoms with E-state index in [1.807, 2.05) is 0 Å². The maximum absolute atomic E-state index is 13.2. The zero-order chi connectivity index (χ0) is 14.4. The van der Waals surface area contributed by atoms with E-state index in [0.717, 1.165) is 25.8 Å². The second-order valence-corrected chi connectivity index (χ2v) is 6.81. The summed E-state index contributed by atoms with van der Waals surface area (Å²) < 4.78 is 0. The highest BCUT2D eigenvalue weighted by molar-refractivity contribution is 5.83. The maximum Gasteiger partial charge on any atom is 0.230 e. The van der Waals surface area contributed by atoms with E-state index < -0.39 is 0 Å². The Morgan fingerprint density at radius 3 is 2.35 bits per heavy atom. The summed E-state index contributed by atoms with van der Waals surface area (Å²) in [5.74, 6) is 0.385. The molecule has 1 saturated carbocycles. The fourth-order valence-corrected chi connectivity index (χ4v) is 4.08. The summed E-state index contributed by atoms with van der Waals surface area (Å²) in [7, 11) is 0. The minimum Gasteiger partial charge on any atom is -0.339 e. The topological polar surface area (TPSA) is 46.3 Å². The van der Waals surface area contributed by atoms with Crippen molar-refractivity contribution in [3.05, 3.63) is 0 Å². The number of nitrogens with two attached hydrogens (primary N) is 1. The van der Waals surface area contributed by atoms with Crippen molar-refractivity contribution >= 4 is 5.91 Å². The van der Waals surface area contributed by atoms with Crippen LogP contribution in [0.4, 0.5) is 0 Å². The summed E-state index contributed by atoms with van der Waals surface area (Å²) in [4.78, 5) is 15.4. The molecule has 1 atom stereocenters. The van der Waals surface area contributed by atoms with Crippen LogP contribution in [0.25, 0.3) is 0 Å². The summed E-state index contributed by atoms with van der Waals surface area (Å²) in [5, 5.41) is 0. The van der Waals surface area contributed by atoms with E-state index in [1.54, 1.807) is 0 Å². The van der Waals surface area contributed by atoms with Crippen molar-refractivity contribution in [1.29, 1.82) is 0 Å². The van der Waals surface area contributed by atoms with Crippen LogP contribution < -0.4 is 5.73 Å². The molecule has 2 fully saturated rings. The number of hydrogen-bond acceptors (Lipinski definition) is 2. The number of rotatable bonds is 3. The van der Waals surface area contributed by atoms with Gasteiger partial charge >= 0.3 is 0 Å². The highest BCUT2D eigenvalue weighted by atomic mass is 16.2. The van der Waals surface area contributed by atoms with Crippen LogP contribution >= 0.6 is 0 Å². The highest BCUT2D eigenvalue weighted by Gasteiger charge is 2.41. The van der Waals surface area contributed by atoms with Gasteiger partial charge in [-0.3, -0.25) is 4.79 Å². The zero-order valence-electron chi connectivity index (χ0n) is 13.2. The van der Waals surface area contributed by atoms with Crippen LogP contribution in [0.1, 0.15) is 77.6 Å². The van der Waals surface area contributed by atoms with Gasteiger partial charge in [0.2, 0.25) is 5.91 Å². The zero-order valence-corrected chi connectivity index (χ0v) is 13.2. The Bertz CT molecular complexity index is 308. The van der Waals surface area contributed by atoms with Crippen molar-refractivity contribution < 1.29 is 4.79 Å². The molecule has 2 rings (SSSR count). The Hall–Kier alpha value is -0.570. The van der Waals surface area contributed by atoms with Crippen molar-refractivity contribution in [3.63, 3.8) is 0 Å². The highest BCUT2D eigenvalue weighted by Crippen LogP contribution is 2.37. The average molecular weight is 280 g/mol. The lowest BCUT2D eigenvalue weighted by atomic mass is 9.78. The average Bonchev–Trinajstić information content (AvgIpc) is 2.87. The van der Waals surface area contributed by atoms with Crippen molar-refractivity contribution in [3.8, 4) is 0 Å². The standard InChI is InChI=1S/C17H32N2O/c1-2-15-10-6-5-9-13-19(15)16(20)17(14-18)11-7-3-4-8-12-17/h15H,2-14,18H2,1H3. The van der Waals surface area contributed by atoms with Gasteiger partial charge in [-0.05, 0) is 32.1 Å². The quantitative estimate of drug-likeness (QED) is 0.805. The lowest BCUT2D eigenvalue weighted by molar-refractivity contribution is -0.145. The molecule has 0 aromatic carbocycles. The molecule has 3 nitrogen and oxygen atoms in total. The SMILES string of the molecule is CCC1CCCCCN1C(=O)C1(CN)CCCCCC1. The Labute approximate surface area is 124 Å². The first-order valence-corrected chi connectivity index (χ1v) is 8.74. The van der Waals surface area contributed by atoms with Gasteiger partial charge in [-0.15, -0.1) is 0 Å². The van der Waals surface area contributed by atoms with Crippen molar-refractivity contribution in [2.24, 2.45) is 11.1 Å². The Morgan fingerprint density at radius 1 is 1.10 bits per heavy atom. The molecule has 0 bridgehead atoms. The fraction of sp³-hybridized carbons (Fsp3) is 0.941. The molecule has 3 heteroatoms. The van der Waals surface area contributed by atoms with Gasteiger partial charge in [-0.25, -0.2) is 0 Å². The van der Waals surface area contributed by atoms with Gasteiger partial charge in [-0.1, -0.05) is 45.4 Å². The summed E-state index contributed by atoms with van der Waals surface area (Å²) in [5.41, 5.74) is 5.85. The van der Waals surface area contributed by atoms with E-state index in [9.17, 15) is 4.79 Å². The molecule has 0 aromatic rings. The maximum atomic E-state index is 13.2. The normalized spacial score (nSPS) is 27.7. The van der Waals surface area contributed by atoms with Crippen LogP contribution in [0.15, 0.2) is 0 Å². The van der Waals surface area contributed by atoms with E-state index in [1.165, 1.54) is 51.4 Å². The molecule has 2 aliphatic rings. The molecule has 1 amide bonds. The molecule has 20 heavy (non-hydrogen) atoms. The van der Waals surface area contributed by atoms with Gasteiger partial charge in [0, 0.05) is 19.1 Å². The second-order valence-electron chi connectivity index (χ2n) is 6.81. The third kappa shape index (κ3) is 3.36. The Morgan fingerprint density at radius 2 is 1.75 bits per heavy atom. The monoisotopic (exact) mass is 280 g/mol. The molecular formula is C17H32N2O. The predicted octanol–water partition coefficient (Wildman–Crippen LogP) is 3.47. The number of nitrogens with zero attached hydrogens (tertiary/aromatic N) is 1. The molecule has 0 spiro atoms. The lowest BCUT2D eigenvalue weighted by Gasteiger charge is -2.39. The number of carbonyl (C=O) groups is 1. The molecule has 1 aliphatic heterocycles. The van der Waals surface area contributed by atoms with Crippen LogP contribution in [0.2, 0.25) is 0 Å². The van der Waals surface area contributed by atoms with Crippen LogP contribution in [-0.2, 0) is 4.79 Å². The second kappa shape index (κ2) is 7.44. The van der Waals surface area contributed by atoms with Crippen LogP contribution in [-0.4, -0.2) is 29.9 Å². The van der Waals surface area contributed by atoms with Gasteiger partial charge in [0.05, 0.1) is 5.41 Å². The van der Waals surface area contributed by atoms with Crippen LogP contribution in [0, 0.1) is 5.41 Å². The lowest BCUT2D eigenvalue weighted by Crippen LogP contribution is -2.51. The smallest absolute Gasteiger partial charge is 0.230 e. The molecule has 1 aliphatic carbocycles. The minimum absolute atomic E-state index is 0.242. The summed E-state index contributed by atoms with van der Waals surface area (Å²) in [6.45, 7) is 3.72. The van der Waals surface area contributed by atoms with E-state index in [-0.39, 0.29) is 5.41 Å². The Kier molecular flexibility index (Phi) is 5.88. The third-order valence-corrected chi connectivity index (χ3v) is 5.51. The first kappa shape index (κ1) is 15.8. The number of carbonyl (C=O) groups excluding carboxylic acids is 1. The largest absolute Gasteiger partial charge is 0.339 e. The van der Waals surface area contributed by atoms with E-state index in [0.29, 0.717) is 18.5 Å². The van der Waals surface area contributed by atoms with Gasteiger partial charge in [0.15, 0.2) is 0 Å². The molecule has 0 radical (unpaired) electrons. The van der Waals surface area contributed by atoms with E-state index in [4.69, 9.17) is 5.73 Å².